The summed E-state index contributed by atoms with van der Waals surface area (Å²) in [4.78, 5) is 24.5. The van der Waals surface area contributed by atoms with Gasteiger partial charge in [0.25, 0.3) is 5.91 Å². The van der Waals surface area contributed by atoms with E-state index in [2.05, 4.69) is 9.97 Å². The summed E-state index contributed by atoms with van der Waals surface area (Å²) in [6.07, 6.45) is 1.02. The first-order valence-electron chi connectivity index (χ1n) is 13.7. The molecule has 1 aromatic heterocycles. The maximum Gasteiger partial charge on any atom is 0.251 e. The molecule has 1 unspecified atom stereocenters. The third-order valence-electron chi connectivity index (χ3n) is 4.84. The summed E-state index contributed by atoms with van der Waals surface area (Å²) in [5, 5.41) is -0.368. The molecule has 3 heterocycles. The number of benzene rings is 1. The molecule has 0 radical (unpaired) electrons. The molecule has 2 fully saturated rings. The number of methoxy groups -OCH3 is 2. The molecule has 9 heteroatoms. The average Bonchev–Trinajstić information content (AvgIpc) is 3.37. The van der Waals surface area contributed by atoms with Crippen LogP contribution in [0.25, 0.3) is 10.9 Å². The monoisotopic (exact) mass is 397 g/mol. The van der Waals surface area contributed by atoms with Gasteiger partial charge in [-0.15, -0.1) is 0 Å². The highest BCUT2D eigenvalue weighted by molar-refractivity contribution is 5.91. The summed E-state index contributed by atoms with van der Waals surface area (Å²) in [5.41, 5.74) is -0.263. The Labute approximate surface area is 177 Å². The van der Waals surface area contributed by atoms with E-state index in [-0.39, 0.29) is 41.6 Å². The van der Waals surface area contributed by atoms with E-state index in [4.69, 9.17) is 28.0 Å². The number of carbonyl (C=O) groups excluding carboxylic acids is 1. The average molecular weight is 398 g/mol. The van der Waals surface area contributed by atoms with E-state index in [9.17, 15) is 4.79 Å². The number of anilines is 2. The maximum absolute atomic E-state index is 12.7. The molecule has 2 aliphatic rings. The summed E-state index contributed by atoms with van der Waals surface area (Å²) >= 11 is 0. The lowest BCUT2D eigenvalue weighted by Gasteiger charge is -2.35. The molecule has 0 bridgehead atoms. The SMILES string of the molecule is [2H]c1c(OC([2H])([2H])[2H])c(OC([2H])([2H])[2H])c([2H])c2c(N([2H])[2H])nc(N3CCN(C(=O)C4CCCO4)CC3)nc12. The van der Waals surface area contributed by atoms with Crippen molar-refractivity contribution >= 4 is 28.6 Å². The van der Waals surface area contributed by atoms with Crippen LogP contribution in [-0.4, -0.2) is 73.7 Å². The standard InChI is InChI=1S/C19H25N5O4/c1-26-15-10-12-13(11-16(15)27-2)21-19(22-17(12)20)24-7-5-23(6-8-24)18(25)14-4-3-9-28-14/h10-11,14H,3-9H2,1-2H3,(H2,20,21,22)/i1D3,2D3,10D,11D/hD2. The van der Waals surface area contributed by atoms with Crippen molar-refractivity contribution in [3.05, 3.63) is 12.1 Å². The van der Waals surface area contributed by atoms with E-state index in [1.54, 1.807) is 9.80 Å². The van der Waals surface area contributed by atoms with Gasteiger partial charge in [0.2, 0.25) is 5.95 Å². The zero-order valence-corrected chi connectivity index (χ0v) is 14.9. The first kappa shape index (κ1) is 10.1. The van der Waals surface area contributed by atoms with Crippen LogP contribution in [0.2, 0.25) is 2.82 Å². The van der Waals surface area contributed by atoms with Gasteiger partial charge in [-0.05, 0) is 18.9 Å². The summed E-state index contributed by atoms with van der Waals surface area (Å²) in [6.45, 7) is 1.73. The lowest BCUT2D eigenvalue weighted by Crippen LogP contribution is -2.51. The van der Waals surface area contributed by atoms with Gasteiger partial charge >= 0.3 is 0 Å². The minimum Gasteiger partial charge on any atom is -0.493 e. The molecular weight excluding hydrogens is 362 g/mol. The maximum atomic E-state index is 12.7. The molecule has 9 nitrogen and oxygen atoms in total. The van der Waals surface area contributed by atoms with Gasteiger partial charge in [0.05, 0.1) is 30.6 Å². The van der Waals surface area contributed by atoms with Crippen molar-refractivity contribution in [2.45, 2.75) is 18.9 Å². The molecule has 1 aromatic carbocycles. The Bertz CT molecular complexity index is 1210. The van der Waals surface area contributed by atoms with Crippen LogP contribution in [0.5, 0.6) is 11.5 Å². The first-order valence-corrected chi connectivity index (χ1v) is 8.82. The Morgan fingerprint density at radius 3 is 2.75 bits per heavy atom. The Hall–Kier alpha value is -2.81. The molecule has 1 atom stereocenters. The predicted octanol–water partition coefficient (Wildman–Crippen LogP) is 1.06. The van der Waals surface area contributed by atoms with Gasteiger partial charge in [-0.2, -0.15) is 4.98 Å². The summed E-state index contributed by atoms with van der Waals surface area (Å²) in [6, 6.07) is -1.48. The predicted molar refractivity (Wildman–Crippen MR) is 105 cm³/mol. The molecule has 0 aliphatic carbocycles. The van der Waals surface area contributed by atoms with E-state index in [1.165, 1.54) is 0 Å². The molecule has 0 saturated carbocycles. The van der Waals surface area contributed by atoms with Crippen LogP contribution in [0.4, 0.5) is 11.8 Å². The number of fused-ring (bicyclic) bond motifs is 1. The lowest BCUT2D eigenvalue weighted by atomic mass is 10.2. The largest absolute Gasteiger partial charge is 0.493 e. The Morgan fingerprint density at radius 1 is 1.29 bits per heavy atom. The van der Waals surface area contributed by atoms with Crippen LogP contribution in [-0.2, 0) is 9.53 Å². The minimum atomic E-state index is -3.13. The molecule has 4 rings (SSSR count). The molecule has 1 amide bonds. The molecule has 150 valence electrons. The number of rotatable bonds is 5. The Morgan fingerprint density at radius 2 is 2.07 bits per heavy atom. The van der Waals surface area contributed by atoms with Crippen molar-refractivity contribution in [1.29, 1.82) is 0 Å². The van der Waals surface area contributed by atoms with Crippen molar-refractivity contribution < 1.29 is 32.8 Å². The van der Waals surface area contributed by atoms with Gasteiger partial charge in [0, 0.05) is 44.2 Å². The lowest BCUT2D eigenvalue weighted by molar-refractivity contribution is -0.141. The second-order valence-electron chi connectivity index (χ2n) is 6.50. The van der Waals surface area contributed by atoms with Gasteiger partial charge in [-0.1, -0.05) is 0 Å². The highest BCUT2D eigenvalue weighted by Gasteiger charge is 2.31. The second-order valence-corrected chi connectivity index (χ2v) is 6.50. The van der Waals surface area contributed by atoms with Gasteiger partial charge in [-0.3, -0.25) is 4.79 Å². The minimum absolute atomic E-state index is 0.0292. The first-order chi connectivity index (χ1) is 17.7. The molecule has 0 spiro atoms. The number of hydrogen-bond donors (Lipinski definition) is 1. The highest BCUT2D eigenvalue weighted by atomic mass is 16.5. The van der Waals surface area contributed by atoms with Crippen molar-refractivity contribution in [3.63, 3.8) is 0 Å². The topological polar surface area (TPSA) is 103 Å². The fourth-order valence-corrected chi connectivity index (χ4v) is 3.37. The molecule has 2 N–H and O–H groups in total. The number of nitrogens with zero attached hydrogens (tertiary/aromatic N) is 4. The fraction of sp³-hybridized carbons (Fsp3) is 0.526. The van der Waals surface area contributed by atoms with E-state index >= 15 is 0 Å². The Kier molecular flexibility index (Phi) is 2.77. The summed E-state index contributed by atoms with van der Waals surface area (Å²) < 4.78 is 92.3. The summed E-state index contributed by atoms with van der Waals surface area (Å²) in [7, 11) is -6.25. The van der Waals surface area contributed by atoms with Crippen LogP contribution in [0.3, 0.4) is 0 Å². The fourth-order valence-electron chi connectivity index (χ4n) is 3.37. The van der Waals surface area contributed by atoms with Crippen molar-refractivity contribution in [3.8, 4) is 11.5 Å². The van der Waals surface area contributed by atoms with Gasteiger partial charge in [0.15, 0.2) is 14.3 Å². The molecular formula is C19H25N5O4. The van der Waals surface area contributed by atoms with Gasteiger partial charge < -0.3 is 29.7 Å². The molecule has 28 heavy (non-hydrogen) atoms. The van der Waals surface area contributed by atoms with Crippen molar-refractivity contribution in [2.75, 3.05) is 57.5 Å². The van der Waals surface area contributed by atoms with E-state index in [1.807, 2.05) is 0 Å². The zero-order valence-electron chi connectivity index (χ0n) is 24.9. The van der Waals surface area contributed by atoms with Crippen LogP contribution in [0, 0.1) is 0 Å². The number of aromatic nitrogens is 2. The quantitative estimate of drug-likeness (QED) is 0.799. The molecule has 2 aromatic rings. The number of hydrogen-bond acceptors (Lipinski definition) is 8. The number of nitrogens with two attached hydrogens (primary N) is 1. The number of ether oxygens (including phenoxy) is 3. The molecule has 2 saturated heterocycles. The van der Waals surface area contributed by atoms with Crippen LogP contribution in [0.15, 0.2) is 12.1 Å². The normalized spacial score (nSPS) is 25.8. The van der Waals surface area contributed by atoms with Gasteiger partial charge in [-0.25, -0.2) is 4.98 Å². The number of carbonyl (C=O) groups is 1. The van der Waals surface area contributed by atoms with Crippen molar-refractivity contribution in [2.24, 2.45) is 0 Å². The van der Waals surface area contributed by atoms with Crippen LogP contribution < -0.4 is 20.1 Å². The number of amides is 1. The third-order valence-corrected chi connectivity index (χ3v) is 4.84. The number of nitrogen functional groups attached to an aromatic ring is 1. The van der Waals surface area contributed by atoms with Gasteiger partial charge in [0.1, 0.15) is 11.9 Å². The number of piperazine rings is 1. The van der Waals surface area contributed by atoms with E-state index in [0.717, 1.165) is 6.42 Å². The third kappa shape index (κ3) is 3.37. The second kappa shape index (κ2) is 7.67. The van der Waals surface area contributed by atoms with Crippen molar-refractivity contribution in [1.82, 2.24) is 14.9 Å². The van der Waals surface area contributed by atoms with E-state index in [0.29, 0.717) is 26.1 Å². The highest BCUT2D eigenvalue weighted by Crippen LogP contribution is 2.34. The Balaban J connectivity index is 1.76. The van der Waals surface area contributed by atoms with E-state index < -0.39 is 49.6 Å². The smallest absolute Gasteiger partial charge is 0.251 e. The van der Waals surface area contributed by atoms with Crippen LogP contribution in [0.1, 0.15) is 23.8 Å². The zero-order chi connectivity index (χ0) is 28.0. The molecule has 2 aliphatic heterocycles. The van der Waals surface area contributed by atoms with Crippen LogP contribution >= 0.6 is 0 Å². The summed E-state index contributed by atoms with van der Waals surface area (Å²) in [5.74, 6) is -2.32.